The van der Waals surface area contributed by atoms with Gasteiger partial charge in [0.15, 0.2) is 11.5 Å². The van der Waals surface area contributed by atoms with Crippen molar-refractivity contribution >= 4 is 51.6 Å². The van der Waals surface area contributed by atoms with Crippen LogP contribution in [0, 0.1) is 11.3 Å². The molecule has 0 fully saturated rings. The quantitative estimate of drug-likeness (QED) is 0.213. The van der Waals surface area contributed by atoms with E-state index in [1.165, 1.54) is 13.2 Å². The molecule has 4 aromatic carbocycles. The molecule has 0 bridgehead atoms. The maximum Gasteiger partial charge on any atom is 0.266 e. The molecule has 0 aromatic heterocycles. The fourth-order valence-corrected chi connectivity index (χ4v) is 4.06. The number of rotatable bonds is 7. The summed E-state index contributed by atoms with van der Waals surface area (Å²) in [6, 6.07) is 25.6. The van der Waals surface area contributed by atoms with Crippen LogP contribution in [0.5, 0.6) is 11.5 Å². The first kappa shape index (κ1) is 24.2. The summed E-state index contributed by atoms with van der Waals surface area (Å²) in [5.74, 6) is 0.401. The van der Waals surface area contributed by atoms with Crippen LogP contribution >= 0.6 is 23.2 Å². The zero-order chi connectivity index (χ0) is 24.8. The average molecular weight is 503 g/mol. The molecular weight excluding hydrogens is 483 g/mol. The standard InChI is InChI=1S/C28H20Cl2N2O3/c1-34-26-13-12-18(15-27(26)35-17-22-23(29)9-5-10-24(22)30)14-20(16-31)28(33)32-25-11-4-7-19-6-2-3-8-21(19)25/h2-15H,17H2,1H3,(H,32,33)/b20-14+. The van der Waals surface area contributed by atoms with E-state index in [1.54, 1.807) is 42.5 Å². The molecule has 0 aliphatic rings. The first-order valence-electron chi connectivity index (χ1n) is 10.6. The summed E-state index contributed by atoms with van der Waals surface area (Å²) < 4.78 is 11.3. The molecule has 0 atom stereocenters. The molecule has 1 N–H and O–H groups in total. The zero-order valence-corrected chi connectivity index (χ0v) is 20.2. The van der Waals surface area contributed by atoms with Crippen molar-refractivity contribution in [3.63, 3.8) is 0 Å². The number of fused-ring (bicyclic) bond motifs is 1. The lowest BCUT2D eigenvalue weighted by atomic mass is 10.1. The Hall–Kier alpha value is -3.98. The predicted molar refractivity (Wildman–Crippen MR) is 140 cm³/mol. The molecule has 0 radical (unpaired) electrons. The highest BCUT2D eigenvalue weighted by atomic mass is 35.5. The summed E-state index contributed by atoms with van der Waals surface area (Å²) >= 11 is 12.5. The molecule has 0 spiro atoms. The Morgan fingerprint density at radius 2 is 1.69 bits per heavy atom. The second-order valence-electron chi connectivity index (χ2n) is 7.55. The summed E-state index contributed by atoms with van der Waals surface area (Å²) in [5.41, 5.74) is 1.81. The van der Waals surface area contributed by atoms with Crippen molar-refractivity contribution in [3.8, 4) is 17.6 Å². The van der Waals surface area contributed by atoms with Gasteiger partial charge in [0.1, 0.15) is 18.2 Å². The van der Waals surface area contributed by atoms with Crippen LogP contribution in [0.3, 0.4) is 0 Å². The largest absolute Gasteiger partial charge is 0.493 e. The first-order chi connectivity index (χ1) is 17.0. The third kappa shape index (κ3) is 5.58. The highest BCUT2D eigenvalue weighted by molar-refractivity contribution is 6.35. The normalized spacial score (nSPS) is 11.1. The van der Waals surface area contributed by atoms with E-state index in [1.807, 2.05) is 42.5 Å². The predicted octanol–water partition coefficient (Wildman–Crippen LogP) is 7.28. The van der Waals surface area contributed by atoms with Crippen molar-refractivity contribution in [3.05, 3.63) is 106 Å². The topological polar surface area (TPSA) is 71.3 Å². The number of nitriles is 1. The van der Waals surface area contributed by atoms with E-state index in [4.69, 9.17) is 32.7 Å². The second-order valence-corrected chi connectivity index (χ2v) is 8.36. The number of halogens is 2. The van der Waals surface area contributed by atoms with E-state index in [-0.39, 0.29) is 12.2 Å². The first-order valence-corrected chi connectivity index (χ1v) is 11.4. The highest BCUT2D eigenvalue weighted by Gasteiger charge is 2.14. The fourth-order valence-electron chi connectivity index (χ4n) is 3.56. The fraction of sp³-hybridized carbons (Fsp3) is 0.0714. The number of benzene rings is 4. The Morgan fingerprint density at radius 3 is 2.43 bits per heavy atom. The van der Waals surface area contributed by atoms with Gasteiger partial charge in [0.05, 0.1) is 7.11 Å². The van der Waals surface area contributed by atoms with Crippen LogP contribution in [-0.4, -0.2) is 13.0 Å². The van der Waals surface area contributed by atoms with Gasteiger partial charge in [-0.05, 0) is 47.4 Å². The van der Waals surface area contributed by atoms with Gasteiger partial charge in [-0.15, -0.1) is 0 Å². The van der Waals surface area contributed by atoms with Gasteiger partial charge in [-0.2, -0.15) is 5.26 Å². The number of hydrogen-bond donors (Lipinski definition) is 1. The van der Waals surface area contributed by atoms with Crippen LogP contribution < -0.4 is 14.8 Å². The van der Waals surface area contributed by atoms with Crippen LogP contribution in [0.1, 0.15) is 11.1 Å². The second kappa shape index (κ2) is 11.0. The monoisotopic (exact) mass is 502 g/mol. The lowest BCUT2D eigenvalue weighted by Crippen LogP contribution is -2.13. The van der Waals surface area contributed by atoms with E-state index < -0.39 is 5.91 Å². The molecule has 35 heavy (non-hydrogen) atoms. The number of amides is 1. The summed E-state index contributed by atoms with van der Waals surface area (Å²) in [5, 5.41) is 15.4. The molecular formula is C28H20Cl2N2O3. The minimum atomic E-state index is -0.509. The van der Waals surface area contributed by atoms with Crippen LogP contribution in [0.4, 0.5) is 5.69 Å². The molecule has 1 amide bonds. The average Bonchev–Trinajstić information content (AvgIpc) is 2.87. The Kier molecular flexibility index (Phi) is 7.57. The van der Waals surface area contributed by atoms with Crippen molar-refractivity contribution < 1.29 is 14.3 Å². The number of hydrogen-bond acceptors (Lipinski definition) is 4. The number of carbonyl (C=O) groups is 1. The zero-order valence-electron chi connectivity index (χ0n) is 18.7. The smallest absolute Gasteiger partial charge is 0.266 e. The summed E-state index contributed by atoms with van der Waals surface area (Å²) in [4.78, 5) is 12.9. The molecule has 0 unspecified atom stereocenters. The lowest BCUT2D eigenvalue weighted by Gasteiger charge is -2.13. The van der Waals surface area contributed by atoms with Gasteiger partial charge < -0.3 is 14.8 Å². The number of methoxy groups -OCH3 is 1. The molecule has 0 heterocycles. The van der Waals surface area contributed by atoms with Crippen LogP contribution in [0.15, 0.2) is 84.4 Å². The molecule has 0 saturated carbocycles. The van der Waals surface area contributed by atoms with Gasteiger partial charge in [0.25, 0.3) is 5.91 Å². The van der Waals surface area contributed by atoms with Gasteiger partial charge in [0, 0.05) is 26.7 Å². The molecule has 5 nitrogen and oxygen atoms in total. The SMILES string of the molecule is COc1ccc(/C=C(\C#N)C(=O)Nc2cccc3ccccc23)cc1OCc1c(Cl)cccc1Cl. The molecule has 174 valence electrons. The van der Waals surface area contributed by atoms with Crippen molar-refractivity contribution in [2.45, 2.75) is 6.61 Å². The Bertz CT molecular complexity index is 1450. The summed E-state index contributed by atoms with van der Waals surface area (Å²) in [6.07, 6.45) is 1.50. The van der Waals surface area contributed by atoms with Crippen LogP contribution in [0.25, 0.3) is 16.8 Å². The molecule has 7 heteroatoms. The van der Waals surface area contributed by atoms with E-state index in [2.05, 4.69) is 5.32 Å². The third-order valence-electron chi connectivity index (χ3n) is 5.34. The number of nitrogens with one attached hydrogen (secondary N) is 1. The summed E-state index contributed by atoms with van der Waals surface area (Å²) in [7, 11) is 1.53. The molecule has 0 aliphatic heterocycles. The molecule has 0 saturated heterocycles. The van der Waals surface area contributed by atoms with E-state index >= 15 is 0 Å². The number of carbonyl (C=O) groups excluding carboxylic acids is 1. The van der Waals surface area contributed by atoms with Crippen molar-refractivity contribution in [1.82, 2.24) is 0 Å². The Balaban J connectivity index is 1.58. The molecule has 4 rings (SSSR count). The number of ether oxygens (including phenoxy) is 2. The maximum absolute atomic E-state index is 12.9. The van der Waals surface area contributed by atoms with Gasteiger partial charge in [-0.25, -0.2) is 0 Å². The molecule has 0 aliphatic carbocycles. The van der Waals surface area contributed by atoms with Gasteiger partial charge in [0.2, 0.25) is 0 Å². The number of nitrogens with zero attached hydrogens (tertiary/aromatic N) is 1. The van der Waals surface area contributed by atoms with Crippen molar-refractivity contribution in [1.29, 1.82) is 5.26 Å². The van der Waals surface area contributed by atoms with Crippen LogP contribution in [-0.2, 0) is 11.4 Å². The maximum atomic E-state index is 12.9. The minimum Gasteiger partial charge on any atom is -0.493 e. The van der Waals surface area contributed by atoms with E-state index in [0.29, 0.717) is 38.4 Å². The minimum absolute atomic E-state index is 0.0526. The van der Waals surface area contributed by atoms with Crippen molar-refractivity contribution in [2.75, 3.05) is 12.4 Å². The van der Waals surface area contributed by atoms with Crippen LogP contribution in [0.2, 0.25) is 10.0 Å². The third-order valence-corrected chi connectivity index (χ3v) is 6.04. The number of anilines is 1. The van der Waals surface area contributed by atoms with Crippen molar-refractivity contribution in [2.24, 2.45) is 0 Å². The Morgan fingerprint density at radius 1 is 0.971 bits per heavy atom. The van der Waals surface area contributed by atoms with Gasteiger partial charge in [-0.1, -0.05) is 71.7 Å². The van der Waals surface area contributed by atoms with Gasteiger partial charge >= 0.3 is 0 Å². The molecule has 4 aromatic rings. The lowest BCUT2D eigenvalue weighted by molar-refractivity contribution is -0.112. The highest BCUT2D eigenvalue weighted by Crippen LogP contribution is 2.32. The van der Waals surface area contributed by atoms with Gasteiger partial charge in [-0.3, -0.25) is 4.79 Å². The summed E-state index contributed by atoms with van der Waals surface area (Å²) in [6.45, 7) is 0.120. The Labute approximate surface area is 213 Å². The van der Waals surface area contributed by atoms with E-state index in [9.17, 15) is 10.1 Å². The van der Waals surface area contributed by atoms with E-state index in [0.717, 1.165) is 10.8 Å².